The van der Waals surface area contributed by atoms with E-state index in [0.717, 1.165) is 0 Å². The van der Waals surface area contributed by atoms with Crippen LogP contribution < -0.4 is 11.1 Å². The first-order chi connectivity index (χ1) is 8.58. The second kappa shape index (κ2) is 6.49. The Hall–Kier alpha value is -1.43. The smallest absolute Gasteiger partial charge is 0.242 e. The molecule has 0 aliphatic rings. The van der Waals surface area contributed by atoms with E-state index in [4.69, 9.17) is 5.73 Å². The Balaban J connectivity index is 2.76. The highest BCUT2D eigenvalue weighted by Crippen LogP contribution is 2.13. The second-order valence-electron chi connectivity index (χ2n) is 4.33. The lowest BCUT2D eigenvalue weighted by Crippen LogP contribution is -2.55. The molecule has 1 rings (SSSR count). The van der Waals surface area contributed by atoms with E-state index in [1.54, 1.807) is 31.2 Å². The lowest BCUT2D eigenvalue weighted by Gasteiger charge is -2.31. The number of nitrogens with one attached hydrogen (secondary N) is 1. The van der Waals surface area contributed by atoms with Gasteiger partial charge in [-0.05, 0) is 12.0 Å². The Morgan fingerprint density at radius 2 is 1.89 bits per heavy atom. The van der Waals surface area contributed by atoms with Gasteiger partial charge in [-0.15, -0.1) is 0 Å². The molecule has 0 saturated heterocycles. The summed E-state index contributed by atoms with van der Waals surface area (Å²) in [6.07, 6.45) is 0.424. The molecule has 0 heterocycles. The number of carbonyl (C=O) groups excluding carboxylic acids is 1. The minimum atomic E-state index is -1.01. The van der Waals surface area contributed by atoms with Gasteiger partial charge < -0.3 is 21.3 Å². The van der Waals surface area contributed by atoms with Gasteiger partial charge in [-0.1, -0.05) is 37.3 Å². The fourth-order valence-electron chi connectivity index (χ4n) is 1.59. The SMILES string of the molecule is CCC(CO)(CO)NC(=O)[C@@H](N)c1ccccc1. The molecule has 0 spiro atoms. The molecule has 0 aromatic heterocycles. The minimum absolute atomic E-state index is 0.326. The summed E-state index contributed by atoms with van der Waals surface area (Å²) in [6, 6.07) is 8.15. The van der Waals surface area contributed by atoms with Crippen LogP contribution in [0.5, 0.6) is 0 Å². The van der Waals surface area contributed by atoms with Gasteiger partial charge in [0.2, 0.25) is 5.91 Å². The first-order valence-electron chi connectivity index (χ1n) is 5.93. The number of aliphatic hydroxyl groups is 2. The number of aliphatic hydroxyl groups excluding tert-OH is 2. The summed E-state index contributed by atoms with van der Waals surface area (Å²) in [5, 5.41) is 21.1. The predicted molar refractivity (Wildman–Crippen MR) is 68.7 cm³/mol. The molecule has 5 heteroatoms. The number of carbonyl (C=O) groups is 1. The van der Waals surface area contributed by atoms with E-state index in [1.807, 2.05) is 6.07 Å². The van der Waals surface area contributed by atoms with Crippen LogP contribution in [0.2, 0.25) is 0 Å². The van der Waals surface area contributed by atoms with Crippen LogP contribution in [0, 0.1) is 0 Å². The summed E-state index contributed by atoms with van der Waals surface area (Å²) in [4.78, 5) is 12.0. The lowest BCUT2D eigenvalue weighted by atomic mass is 9.97. The Morgan fingerprint density at radius 1 is 1.33 bits per heavy atom. The van der Waals surface area contributed by atoms with Gasteiger partial charge in [-0.3, -0.25) is 4.79 Å². The molecule has 0 aliphatic heterocycles. The highest BCUT2D eigenvalue weighted by Gasteiger charge is 2.30. The Labute approximate surface area is 107 Å². The topological polar surface area (TPSA) is 95.6 Å². The molecule has 0 bridgehead atoms. The highest BCUT2D eigenvalue weighted by atomic mass is 16.3. The molecule has 0 aliphatic carbocycles. The van der Waals surface area contributed by atoms with Crippen molar-refractivity contribution in [2.75, 3.05) is 13.2 Å². The molecular weight excluding hydrogens is 232 g/mol. The van der Waals surface area contributed by atoms with Crippen molar-refractivity contribution in [3.8, 4) is 0 Å². The average Bonchev–Trinajstić information content (AvgIpc) is 2.45. The molecule has 5 nitrogen and oxygen atoms in total. The van der Waals surface area contributed by atoms with E-state index in [1.165, 1.54) is 0 Å². The summed E-state index contributed by atoms with van der Waals surface area (Å²) < 4.78 is 0. The molecule has 0 radical (unpaired) electrons. The standard InChI is InChI=1S/C13H20N2O3/c1-2-13(8-16,9-17)15-12(18)11(14)10-6-4-3-5-7-10/h3-7,11,16-17H,2,8-9,14H2,1H3,(H,15,18)/t11-/m0/s1. The summed E-state index contributed by atoms with van der Waals surface area (Å²) in [7, 11) is 0. The fraction of sp³-hybridized carbons (Fsp3) is 0.462. The Kier molecular flexibility index (Phi) is 5.27. The molecule has 1 atom stereocenters. The van der Waals surface area contributed by atoms with Crippen LogP contribution in [0.3, 0.4) is 0 Å². The van der Waals surface area contributed by atoms with Gasteiger partial charge in [-0.25, -0.2) is 0 Å². The Morgan fingerprint density at radius 3 is 2.33 bits per heavy atom. The van der Waals surface area contributed by atoms with Crippen molar-refractivity contribution < 1.29 is 15.0 Å². The third kappa shape index (κ3) is 3.29. The van der Waals surface area contributed by atoms with E-state index >= 15 is 0 Å². The third-order valence-electron chi connectivity index (χ3n) is 3.11. The van der Waals surface area contributed by atoms with Crippen molar-refractivity contribution in [3.05, 3.63) is 35.9 Å². The van der Waals surface area contributed by atoms with Gasteiger partial charge in [0.25, 0.3) is 0 Å². The number of benzene rings is 1. The number of nitrogens with two attached hydrogens (primary N) is 1. The van der Waals surface area contributed by atoms with Crippen molar-refractivity contribution in [1.82, 2.24) is 5.32 Å². The lowest BCUT2D eigenvalue weighted by molar-refractivity contribution is -0.125. The van der Waals surface area contributed by atoms with Crippen molar-refractivity contribution in [1.29, 1.82) is 0 Å². The van der Waals surface area contributed by atoms with Crippen LogP contribution in [0.4, 0.5) is 0 Å². The van der Waals surface area contributed by atoms with Crippen molar-refractivity contribution in [2.24, 2.45) is 5.73 Å². The van der Waals surface area contributed by atoms with Crippen molar-refractivity contribution >= 4 is 5.91 Å². The van der Waals surface area contributed by atoms with E-state index < -0.39 is 17.5 Å². The van der Waals surface area contributed by atoms with Crippen LogP contribution in [0.1, 0.15) is 24.9 Å². The van der Waals surface area contributed by atoms with Crippen LogP contribution >= 0.6 is 0 Å². The maximum Gasteiger partial charge on any atom is 0.242 e. The summed E-state index contributed by atoms with van der Waals surface area (Å²) in [5.41, 5.74) is 5.51. The summed E-state index contributed by atoms with van der Waals surface area (Å²) >= 11 is 0. The minimum Gasteiger partial charge on any atom is -0.394 e. The first-order valence-corrected chi connectivity index (χ1v) is 5.93. The van der Waals surface area contributed by atoms with Gasteiger partial charge in [-0.2, -0.15) is 0 Å². The summed E-state index contributed by atoms with van der Waals surface area (Å²) in [6.45, 7) is 1.13. The molecule has 0 saturated carbocycles. The largest absolute Gasteiger partial charge is 0.394 e. The zero-order chi connectivity index (χ0) is 13.6. The zero-order valence-corrected chi connectivity index (χ0v) is 10.5. The van der Waals surface area contributed by atoms with Gasteiger partial charge in [0.15, 0.2) is 0 Å². The monoisotopic (exact) mass is 252 g/mol. The maximum absolute atomic E-state index is 12.0. The molecule has 18 heavy (non-hydrogen) atoms. The zero-order valence-electron chi connectivity index (χ0n) is 10.5. The van der Waals surface area contributed by atoms with Crippen LogP contribution in [-0.2, 0) is 4.79 Å². The first kappa shape index (κ1) is 14.6. The number of hydrogen-bond acceptors (Lipinski definition) is 4. The Bertz CT molecular complexity index is 369. The van der Waals surface area contributed by atoms with Crippen molar-refractivity contribution in [2.45, 2.75) is 24.9 Å². The van der Waals surface area contributed by atoms with E-state index in [-0.39, 0.29) is 13.2 Å². The highest BCUT2D eigenvalue weighted by molar-refractivity contribution is 5.83. The predicted octanol–water partition coefficient (Wildman–Crippen LogP) is -0.0640. The average molecular weight is 252 g/mol. The molecule has 5 N–H and O–H groups in total. The maximum atomic E-state index is 12.0. The molecule has 0 fully saturated rings. The van der Waals surface area contributed by atoms with Crippen LogP contribution in [-0.4, -0.2) is 34.9 Å². The number of hydrogen-bond donors (Lipinski definition) is 4. The van der Waals surface area contributed by atoms with Gasteiger partial charge >= 0.3 is 0 Å². The van der Waals surface area contributed by atoms with E-state index in [0.29, 0.717) is 12.0 Å². The third-order valence-corrected chi connectivity index (χ3v) is 3.11. The molecular formula is C13H20N2O3. The van der Waals surface area contributed by atoms with E-state index in [9.17, 15) is 15.0 Å². The molecule has 1 aromatic rings. The molecule has 100 valence electrons. The van der Waals surface area contributed by atoms with Crippen LogP contribution in [0.25, 0.3) is 0 Å². The molecule has 1 amide bonds. The van der Waals surface area contributed by atoms with Gasteiger partial charge in [0, 0.05) is 0 Å². The van der Waals surface area contributed by atoms with Gasteiger partial charge in [0.05, 0.1) is 18.8 Å². The van der Waals surface area contributed by atoms with E-state index in [2.05, 4.69) is 5.32 Å². The summed E-state index contributed by atoms with van der Waals surface area (Å²) in [5.74, 6) is -0.411. The van der Waals surface area contributed by atoms with Crippen LogP contribution in [0.15, 0.2) is 30.3 Å². The van der Waals surface area contributed by atoms with Gasteiger partial charge in [0.1, 0.15) is 6.04 Å². The second-order valence-corrected chi connectivity index (χ2v) is 4.33. The number of rotatable bonds is 6. The molecule has 1 aromatic carbocycles. The fourth-order valence-corrected chi connectivity index (χ4v) is 1.59. The number of amides is 1. The van der Waals surface area contributed by atoms with Crippen molar-refractivity contribution in [3.63, 3.8) is 0 Å². The normalized spacial score (nSPS) is 13.1. The quantitative estimate of drug-likeness (QED) is 0.570. The molecule has 0 unspecified atom stereocenters.